The summed E-state index contributed by atoms with van der Waals surface area (Å²) in [6.45, 7) is 1.57. The summed E-state index contributed by atoms with van der Waals surface area (Å²) in [5, 5.41) is 16.4. The van der Waals surface area contributed by atoms with Crippen molar-refractivity contribution < 1.29 is 23.0 Å². The molecule has 6 nitrogen and oxygen atoms in total. The molecular weight excluding hydrogens is 313 g/mol. The number of aromatic hydroxyl groups is 1. The van der Waals surface area contributed by atoms with E-state index in [1.54, 1.807) is 6.92 Å². The summed E-state index contributed by atoms with van der Waals surface area (Å²) in [5.41, 5.74) is 0.658. The van der Waals surface area contributed by atoms with Crippen molar-refractivity contribution in [1.29, 1.82) is 0 Å². The Balaban J connectivity index is 2.23. The van der Waals surface area contributed by atoms with Crippen LogP contribution in [0.1, 0.15) is 11.4 Å². The molecule has 0 unspecified atom stereocenters. The zero-order valence-electron chi connectivity index (χ0n) is 12.1. The van der Waals surface area contributed by atoms with Crippen LogP contribution in [0, 0.1) is 12.7 Å². The molecule has 0 amide bonds. The number of hydrogen-bond acceptors (Lipinski definition) is 5. The highest BCUT2D eigenvalue weighted by Crippen LogP contribution is 2.31. The van der Waals surface area contributed by atoms with E-state index in [0.717, 1.165) is 17.6 Å². The fourth-order valence-corrected chi connectivity index (χ4v) is 2.27. The van der Waals surface area contributed by atoms with Gasteiger partial charge >= 0.3 is 6.11 Å². The molecule has 0 aliphatic rings. The van der Waals surface area contributed by atoms with Crippen LogP contribution < -0.4 is 0 Å². The normalized spacial score (nSPS) is 12.0. The van der Waals surface area contributed by atoms with E-state index in [-0.39, 0.29) is 22.7 Å². The van der Waals surface area contributed by atoms with Crippen LogP contribution in [0.15, 0.2) is 24.5 Å². The second-order valence-electron chi connectivity index (χ2n) is 4.86. The number of aryl methyl sites for hydroxylation is 1. The molecule has 0 bridgehead atoms. The van der Waals surface area contributed by atoms with Gasteiger partial charge in [0.2, 0.25) is 5.82 Å². The number of aromatic nitrogens is 4. The average Bonchev–Trinajstić information content (AvgIpc) is 2.90. The van der Waals surface area contributed by atoms with Crippen molar-refractivity contribution in [3.8, 4) is 17.0 Å². The number of rotatable bonds is 3. The minimum Gasteiger partial charge on any atom is -0.508 e. The standard InChI is InChI=1S/C14H11F3N4O2/c1-7-3-8(22)4-9(15)12(7)10-6-21-11(5-18-10)19-20-13(21)14(16,17)23-2/h3-6,22H,1-2H3. The van der Waals surface area contributed by atoms with Crippen LogP contribution in [0.4, 0.5) is 13.2 Å². The van der Waals surface area contributed by atoms with Gasteiger partial charge in [0, 0.05) is 24.9 Å². The molecule has 0 radical (unpaired) electrons. The molecule has 2 heterocycles. The van der Waals surface area contributed by atoms with E-state index in [0.29, 0.717) is 5.56 Å². The summed E-state index contributed by atoms with van der Waals surface area (Å²) in [6, 6.07) is 2.27. The van der Waals surface area contributed by atoms with Crippen LogP contribution in [-0.2, 0) is 10.8 Å². The number of phenolic OH excluding ortho intramolecular Hbond substituents is 1. The second kappa shape index (κ2) is 5.20. The fourth-order valence-electron chi connectivity index (χ4n) is 2.27. The number of hydrogen-bond donors (Lipinski definition) is 1. The fraction of sp³-hybridized carbons (Fsp3) is 0.214. The smallest absolute Gasteiger partial charge is 0.417 e. The van der Waals surface area contributed by atoms with Gasteiger partial charge in [0.05, 0.1) is 11.9 Å². The van der Waals surface area contributed by atoms with E-state index in [1.165, 1.54) is 18.5 Å². The number of nitrogens with zero attached hydrogens (tertiary/aromatic N) is 4. The maximum Gasteiger partial charge on any atom is 0.417 e. The summed E-state index contributed by atoms with van der Waals surface area (Å²) in [5.74, 6) is -1.70. The van der Waals surface area contributed by atoms with Crippen molar-refractivity contribution in [2.45, 2.75) is 13.0 Å². The first-order chi connectivity index (χ1) is 10.8. The highest BCUT2D eigenvalue weighted by molar-refractivity contribution is 5.65. The van der Waals surface area contributed by atoms with Crippen LogP contribution in [0.25, 0.3) is 16.9 Å². The number of ether oxygens (including phenoxy) is 1. The predicted octanol–water partition coefficient (Wildman–Crippen LogP) is 2.64. The lowest BCUT2D eigenvalue weighted by Gasteiger charge is -2.12. The van der Waals surface area contributed by atoms with Gasteiger partial charge in [-0.15, -0.1) is 10.2 Å². The molecule has 1 N–H and O–H groups in total. The van der Waals surface area contributed by atoms with E-state index >= 15 is 0 Å². The van der Waals surface area contributed by atoms with Crippen molar-refractivity contribution in [3.63, 3.8) is 0 Å². The van der Waals surface area contributed by atoms with Gasteiger partial charge in [0.25, 0.3) is 0 Å². The molecule has 2 aromatic heterocycles. The Morgan fingerprint density at radius 2 is 2.00 bits per heavy atom. The first-order valence-corrected chi connectivity index (χ1v) is 6.47. The first kappa shape index (κ1) is 15.2. The van der Waals surface area contributed by atoms with E-state index in [2.05, 4.69) is 19.9 Å². The van der Waals surface area contributed by atoms with Crippen LogP contribution >= 0.6 is 0 Å². The molecule has 9 heteroatoms. The molecule has 23 heavy (non-hydrogen) atoms. The highest BCUT2D eigenvalue weighted by Gasteiger charge is 2.37. The SMILES string of the molecule is COC(F)(F)c1nnc2cnc(-c3c(C)cc(O)cc3F)cn12. The van der Waals surface area contributed by atoms with Gasteiger partial charge in [-0.3, -0.25) is 9.38 Å². The molecule has 0 spiro atoms. The van der Waals surface area contributed by atoms with E-state index < -0.39 is 17.8 Å². The van der Waals surface area contributed by atoms with Gasteiger partial charge in [-0.05, 0) is 18.6 Å². The molecule has 0 aliphatic heterocycles. The zero-order chi connectivity index (χ0) is 16.8. The molecule has 0 saturated heterocycles. The predicted molar refractivity (Wildman–Crippen MR) is 73.5 cm³/mol. The van der Waals surface area contributed by atoms with E-state index in [4.69, 9.17) is 0 Å². The molecule has 1 aromatic carbocycles. The second-order valence-corrected chi connectivity index (χ2v) is 4.86. The van der Waals surface area contributed by atoms with Gasteiger partial charge in [-0.1, -0.05) is 0 Å². The van der Waals surface area contributed by atoms with Crippen LogP contribution in [0.3, 0.4) is 0 Å². The van der Waals surface area contributed by atoms with E-state index in [1.807, 2.05) is 0 Å². The molecule has 0 saturated carbocycles. The third-order valence-electron chi connectivity index (χ3n) is 3.34. The topological polar surface area (TPSA) is 72.5 Å². The third kappa shape index (κ3) is 2.48. The maximum absolute atomic E-state index is 14.1. The molecule has 0 fully saturated rings. The van der Waals surface area contributed by atoms with Gasteiger partial charge in [0.15, 0.2) is 5.65 Å². The lowest BCUT2D eigenvalue weighted by atomic mass is 10.0. The lowest BCUT2D eigenvalue weighted by molar-refractivity contribution is -0.237. The van der Waals surface area contributed by atoms with Crippen LogP contribution in [-0.4, -0.2) is 31.8 Å². The summed E-state index contributed by atoms with van der Waals surface area (Å²) < 4.78 is 46.7. The first-order valence-electron chi connectivity index (χ1n) is 6.47. The van der Waals surface area contributed by atoms with Gasteiger partial charge in [0.1, 0.15) is 11.6 Å². The Hall–Kier alpha value is -2.68. The van der Waals surface area contributed by atoms with Gasteiger partial charge in [-0.25, -0.2) is 4.39 Å². The van der Waals surface area contributed by atoms with E-state index in [9.17, 15) is 18.3 Å². The molecular formula is C14H11F3N4O2. The van der Waals surface area contributed by atoms with Gasteiger partial charge in [-0.2, -0.15) is 8.78 Å². The van der Waals surface area contributed by atoms with Crippen molar-refractivity contribution in [1.82, 2.24) is 19.6 Å². The molecule has 3 aromatic rings. The lowest BCUT2D eigenvalue weighted by Crippen LogP contribution is -2.19. The Morgan fingerprint density at radius 1 is 1.26 bits per heavy atom. The maximum atomic E-state index is 14.1. The number of fused-ring (bicyclic) bond motifs is 1. The Labute approximate surface area is 128 Å². The number of phenols is 1. The quantitative estimate of drug-likeness (QED) is 0.802. The van der Waals surface area contributed by atoms with Crippen molar-refractivity contribution in [2.75, 3.05) is 7.11 Å². The monoisotopic (exact) mass is 324 g/mol. The molecule has 0 aliphatic carbocycles. The van der Waals surface area contributed by atoms with Gasteiger partial charge < -0.3 is 9.84 Å². The van der Waals surface area contributed by atoms with Crippen molar-refractivity contribution in [3.05, 3.63) is 41.7 Å². The number of methoxy groups -OCH3 is 1. The number of benzene rings is 1. The minimum absolute atomic E-state index is 0.0670. The largest absolute Gasteiger partial charge is 0.508 e. The Kier molecular flexibility index (Phi) is 3.44. The Morgan fingerprint density at radius 3 is 2.65 bits per heavy atom. The third-order valence-corrected chi connectivity index (χ3v) is 3.34. The molecule has 3 rings (SSSR count). The number of alkyl halides is 2. The van der Waals surface area contributed by atoms with Crippen molar-refractivity contribution in [2.24, 2.45) is 0 Å². The molecule has 0 atom stereocenters. The minimum atomic E-state index is -3.65. The highest BCUT2D eigenvalue weighted by atomic mass is 19.3. The summed E-state index contributed by atoms with van der Waals surface area (Å²) in [4.78, 5) is 4.02. The van der Waals surface area contributed by atoms with Crippen LogP contribution in [0.2, 0.25) is 0 Å². The van der Waals surface area contributed by atoms with Crippen LogP contribution in [0.5, 0.6) is 5.75 Å². The summed E-state index contributed by atoms with van der Waals surface area (Å²) in [7, 11) is 0.840. The average molecular weight is 324 g/mol. The van der Waals surface area contributed by atoms with Crippen molar-refractivity contribution >= 4 is 5.65 Å². The number of halogens is 3. The zero-order valence-corrected chi connectivity index (χ0v) is 12.1. The summed E-state index contributed by atoms with van der Waals surface area (Å²) >= 11 is 0. The Bertz CT molecular complexity index is 872. The summed E-state index contributed by atoms with van der Waals surface area (Å²) in [6.07, 6.45) is -1.26. The molecule has 120 valence electrons.